The molecule has 0 bridgehead atoms. The average Bonchev–Trinajstić information content (AvgIpc) is 2.28. The fourth-order valence-corrected chi connectivity index (χ4v) is 1.61. The first-order valence-corrected chi connectivity index (χ1v) is 5.61. The van der Waals surface area contributed by atoms with E-state index >= 15 is 0 Å². The monoisotopic (exact) mass is 237 g/mol. The van der Waals surface area contributed by atoms with Crippen LogP contribution in [0.3, 0.4) is 0 Å². The molecule has 0 aliphatic rings. The highest BCUT2D eigenvalue weighted by Crippen LogP contribution is 2.28. The molecule has 0 aliphatic heterocycles. The Kier molecular flexibility index (Phi) is 4.45. The highest BCUT2D eigenvalue weighted by molar-refractivity contribution is 5.66. The Bertz CT molecular complexity index is 405. The Balaban J connectivity index is 3.07. The zero-order chi connectivity index (χ0) is 13.0. The molecule has 0 heterocycles. The van der Waals surface area contributed by atoms with Gasteiger partial charge in [0.25, 0.3) is 5.69 Å². The lowest BCUT2D eigenvalue weighted by atomic mass is 10.1. The molecule has 0 aromatic heterocycles. The number of hydrogen-bond acceptors (Lipinski definition) is 4. The van der Waals surface area contributed by atoms with Gasteiger partial charge in [-0.15, -0.1) is 0 Å². The van der Waals surface area contributed by atoms with Crippen molar-refractivity contribution in [1.29, 1.82) is 0 Å². The van der Waals surface area contributed by atoms with Crippen molar-refractivity contribution >= 4 is 11.4 Å². The molecule has 0 amide bonds. The van der Waals surface area contributed by atoms with Gasteiger partial charge in [0.15, 0.2) is 0 Å². The Labute approximate surface area is 102 Å². The van der Waals surface area contributed by atoms with Crippen LogP contribution in [0, 0.1) is 10.1 Å². The van der Waals surface area contributed by atoms with Gasteiger partial charge in [-0.2, -0.15) is 0 Å². The molecule has 1 rings (SSSR count). The number of hydrogen-bond donors (Lipinski definition) is 1. The molecular weight excluding hydrogens is 218 g/mol. The second-order valence-electron chi connectivity index (χ2n) is 4.33. The van der Waals surface area contributed by atoms with Gasteiger partial charge in [-0.05, 0) is 26.5 Å². The number of nitro benzene ring substituents is 1. The molecule has 0 spiro atoms. The predicted molar refractivity (Wildman–Crippen MR) is 69.2 cm³/mol. The lowest BCUT2D eigenvalue weighted by molar-refractivity contribution is -0.384. The Hall–Kier alpha value is -1.62. The lowest BCUT2D eigenvalue weighted by Crippen LogP contribution is -2.26. The molecule has 0 saturated heterocycles. The highest BCUT2D eigenvalue weighted by Gasteiger charge is 2.17. The van der Waals surface area contributed by atoms with Gasteiger partial charge >= 0.3 is 0 Å². The minimum absolute atomic E-state index is 0.127. The molecule has 0 radical (unpaired) electrons. The van der Waals surface area contributed by atoms with Gasteiger partial charge in [0.05, 0.1) is 4.92 Å². The van der Waals surface area contributed by atoms with Gasteiger partial charge in [-0.25, -0.2) is 0 Å². The maximum Gasteiger partial charge on any atom is 0.292 e. The van der Waals surface area contributed by atoms with Crippen molar-refractivity contribution in [3.05, 3.63) is 33.9 Å². The quantitative estimate of drug-likeness (QED) is 0.631. The summed E-state index contributed by atoms with van der Waals surface area (Å²) in [6.45, 7) is 4.88. The van der Waals surface area contributed by atoms with Crippen molar-refractivity contribution in [2.75, 3.05) is 19.4 Å². The van der Waals surface area contributed by atoms with E-state index in [9.17, 15) is 10.1 Å². The molecule has 5 heteroatoms. The maximum atomic E-state index is 10.9. The summed E-state index contributed by atoms with van der Waals surface area (Å²) in [4.78, 5) is 12.7. The van der Waals surface area contributed by atoms with Crippen LogP contribution < -0.4 is 5.32 Å². The van der Waals surface area contributed by atoms with E-state index in [1.807, 2.05) is 13.1 Å². The van der Waals surface area contributed by atoms with E-state index in [1.165, 1.54) is 6.07 Å². The topological polar surface area (TPSA) is 58.4 Å². The van der Waals surface area contributed by atoms with Crippen molar-refractivity contribution in [3.63, 3.8) is 0 Å². The number of para-hydroxylation sites is 1. The van der Waals surface area contributed by atoms with Crippen molar-refractivity contribution in [1.82, 2.24) is 4.90 Å². The van der Waals surface area contributed by atoms with Crippen molar-refractivity contribution in [2.45, 2.75) is 26.4 Å². The van der Waals surface area contributed by atoms with Crippen LogP contribution in [0.2, 0.25) is 0 Å². The second-order valence-corrected chi connectivity index (χ2v) is 4.33. The Morgan fingerprint density at radius 1 is 1.47 bits per heavy atom. The van der Waals surface area contributed by atoms with Crippen molar-refractivity contribution < 1.29 is 4.92 Å². The molecule has 0 unspecified atom stereocenters. The number of benzene rings is 1. The zero-order valence-electron chi connectivity index (χ0n) is 10.7. The molecule has 1 aromatic carbocycles. The molecule has 17 heavy (non-hydrogen) atoms. The van der Waals surface area contributed by atoms with Gasteiger partial charge in [-0.1, -0.05) is 12.1 Å². The van der Waals surface area contributed by atoms with Gasteiger partial charge in [0.1, 0.15) is 5.69 Å². The third-order valence-corrected chi connectivity index (χ3v) is 2.88. The summed E-state index contributed by atoms with van der Waals surface area (Å²) in [6.07, 6.45) is 0. The predicted octanol–water partition coefficient (Wildman–Crippen LogP) is 2.48. The zero-order valence-corrected chi connectivity index (χ0v) is 10.7. The number of anilines is 1. The molecule has 0 fully saturated rings. The SMILES string of the molecule is CNc1c(CN(C)C(C)C)cccc1[N+](=O)[O-]. The largest absolute Gasteiger partial charge is 0.382 e. The molecule has 5 nitrogen and oxygen atoms in total. The highest BCUT2D eigenvalue weighted by atomic mass is 16.6. The van der Waals surface area contributed by atoms with E-state index in [4.69, 9.17) is 0 Å². The van der Waals surface area contributed by atoms with E-state index in [2.05, 4.69) is 24.1 Å². The minimum atomic E-state index is -0.356. The normalized spacial score (nSPS) is 10.9. The summed E-state index contributed by atoms with van der Waals surface area (Å²) in [6, 6.07) is 5.56. The van der Waals surface area contributed by atoms with E-state index < -0.39 is 0 Å². The van der Waals surface area contributed by atoms with Gasteiger partial charge in [0.2, 0.25) is 0 Å². The van der Waals surface area contributed by atoms with E-state index in [1.54, 1.807) is 13.1 Å². The van der Waals surface area contributed by atoms with Crippen LogP contribution in [0.15, 0.2) is 18.2 Å². The lowest BCUT2D eigenvalue weighted by Gasteiger charge is -2.22. The molecule has 1 N–H and O–H groups in total. The second kappa shape index (κ2) is 5.63. The number of nitrogens with one attached hydrogen (secondary N) is 1. The summed E-state index contributed by atoms with van der Waals surface area (Å²) >= 11 is 0. The number of nitro groups is 1. The van der Waals surface area contributed by atoms with Crippen LogP contribution in [0.25, 0.3) is 0 Å². The minimum Gasteiger partial charge on any atom is -0.382 e. The Morgan fingerprint density at radius 2 is 2.12 bits per heavy atom. The van der Waals surface area contributed by atoms with Gasteiger partial charge in [-0.3, -0.25) is 15.0 Å². The van der Waals surface area contributed by atoms with E-state index in [0.717, 1.165) is 5.56 Å². The first-order valence-electron chi connectivity index (χ1n) is 5.61. The van der Waals surface area contributed by atoms with Crippen LogP contribution in [-0.2, 0) is 6.54 Å². The molecule has 1 aromatic rings. The molecular formula is C12H19N3O2. The third-order valence-electron chi connectivity index (χ3n) is 2.88. The van der Waals surface area contributed by atoms with Crippen LogP contribution in [0.1, 0.15) is 19.4 Å². The van der Waals surface area contributed by atoms with E-state index in [-0.39, 0.29) is 10.6 Å². The summed E-state index contributed by atoms with van der Waals surface area (Å²) < 4.78 is 0. The third kappa shape index (κ3) is 3.17. The van der Waals surface area contributed by atoms with Crippen LogP contribution in [-0.4, -0.2) is 30.0 Å². The average molecular weight is 237 g/mol. The van der Waals surface area contributed by atoms with Crippen LogP contribution >= 0.6 is 0 Å². The molecule has 0 aliphatic carbocycles. The van der Waals surface area contributed by atoms with Gasteiger partial charge in [0, 0.05) is 25.7 Å². The van der Waals surface area contributed by atoms with Crippen LogP contribution in [0.5, 0.6) is 0 Å². The first-order chi connectivity index (χ1) is 7.97. The van der Waals surface area contributed by atoms with Gasteiger partial charge < -0.3 is 5.32 Å². The number of rotatable bonds is 5. The standard InChI is InChI=1S/C12H19N3O2/c1-9(2)14(4)8-10-6-5-7-11(15(16)17)12(10)13-3/h5-7,9,13H,8H2,1-4H3. The summed E-state index contributed by atoms with van der Waals surface area (Å²) in [5.41, 5.74) is 1.67. The fraction of sp³-hybridized carbons (Fsp3) is 0.500. The fourth-order valence-electron chi connectivity index (χ4n) is 1.61. The van der Waals surface area contributed by atoms with Crippen molar-refractivity contribution in [2.24, 2.45) is 0 Å². The smallest absolute Gasteiger partial charge is 0.292 e. The Morgan fingerprint density at radius 3 is 2.59 bits per heavy atom. The maximum absolute atomic E-state index is 10.9. The van der Waals surface area contributed by atoms with E-state index in [0.29, 0.717) is 18.3 Å². The molecule has 94 valence electrons. The van der Waals surface area contributed by atoms with Crippen LogP contribution in [0.4, 0.5) is 11.4 Å². The summed E-state index contributed by atoms with van der Waals surface area (Å²) in [5, 5.41) is 13.8. The molecule has 0 saturated carbocycles. The summed E-state index contributed by atoms with van der Waals surface area (Å²) in [7, 11) is 3.71. The summed E-state index contributed by atoms with van der Waals surface area (Å²) in [5.74, 6) is 0. The first kappa shape index (κ1) is 13.4. The van der Waals surface area contributed by atoms with Crippen molar-refractivity contribution in [3.8, 4) is 0 Å². The number of nitrogens with zero attached hydrogens (tertiary/aromatic N) is 2. The molecule has 0 atom stereocenters.